The number of nitriles is 1. The summed E-state index contributed by atoms with van der Waals surface area (Å²) in [6.45, 7) is 0.872. The van der Waals surface area contributed by atoms with Crippen LogP contribution in [0.5, 0.6) is 0 Å². The second kappa shape index (κ2) is 3.29. The zero-order valence-corrected chi connectivity index (χ0v) is 6.04. The van der Waals surface area contributed by atoms with Crippen molar-refractivity contribution in [1.82, 2.24) is 0 Å². The van der Waals surface area contributed by atoms with Crippen LogP contribution in [0.15, 0.2) is 4.99 Å². The van der Waals surface area contributed by atoms with Crippen LogP contribution in [0.1, 0.15) is 12.8 Å². The molecule has 58 valence electrons. The number of aliphatic imine (C=N–C) groups is 1. The second-order valence-electron chi connectivity index (χ2n) is 2.50. The van der Waals surface area contributed by atoms with Gasteiger partial charge in [0, 0.05) is 6.61 Å². The summed E-state index contributed by atoms with van der Waals surface area (Å²) in [4.78, 5) is 13.4. The Balaban J connectivity index is 2.74. The maximum Gasteiger partial charge on any atom is 0.236 e. The molecule has 0 aromatic carbocycles. The van der Waals surface area contributed by atoms with Gasteiger partial charge in [0.1, 0.15) is 0 Å². The molecule has 0 saturated carbocycles. The molecule has 1 fully saturated rings. The van der Waals surface area contributed by atoms with Crippen molar-refractivity contribution in [2.45, 2.75) is 18.4 Å². The first-order valence-electron chi connectivity index (χ1n) is 3.41. The fourth-order valence-electron chi connectivity index (χ4n) is 1.07. The summed E-state index contributed by atoms with van der Waals surface area (Å²) < 4.78 is 5.03. The molecule has 1 unspecified atom stereocenters. The van der Waals surface area contributed by atoms with Crippen molar-refractivity contribution in [3.8, 4) is 6.07 Å². The van der Waals surface area contributed by atoms with E-state index in [2.05, 4.69) is 4.99 Å². The number of isocyanates is 1. The predicted octanol–water partition coefficient (Wildman–Crippen LogP) is 0.395. The Kier molecular flexibility index (Phi) is 2.37. The quantitative estimate of drug-likeness (QED) is 0.403. The highest BCUT2D eigenvalue weighted by Crippen LogP contribution is 2.21. The molecule has 11 heavy (non-hydrogen) atoms. The molecular formula is C7H8N2O2. The van der Waals surface area contributed by atoms with Gasteiger partial charge in [0.25, 0.3) is 0 Å². The smallest absolute Gasteiger partial charge is 0.236 e. The van der Waals surface area contributed by atoms with E-state index < -0.39 is 5.54 Å². The molecule has 0 N–H and O–H groups in total. The lowest BCUT2D eigenvalue weighted by molar-refractivity contribution is 0.0604. The summed E-state index contributed by atoms with van der Waals surface area (Å²) in [6, 6.07) is 1.96. The van der Waals surface area contributed by atoms with Crippen molar-refractivity contribution in [2.24, 2.45) is 4.99 Å². The molecule has 1 atom stereocenters. The lowest BCUT2D eigenvalue weighted by Gasteiger charge is -2.24. The molecule has 0 aliphatic carbocycles. The molecule has 0 bridgehead atoms. The van der Waals surface area contributed by atoms with Crippen molar-refractivity contribution in [2.75, 3.05) is 13.2 Å². The molecule has 1 heterocycles. The Morgan fingerprint density at radius 2 is 2.45 bits per heavy atom. The average molecular weight is 152 g/mol. The van der Waals surface area contributed by atoms with E-state index in [0.717, 1.165) is 6.42 Å². The van der Waals surface area contributed by atoms with E-state index in [1.807, 2.05) is 6.07 Å². The first-order valence-corrected chi connectivity index (χ1v) is 3.41. The minimum atomic E-state index is -0.944. The SMILES string of the molecule is N#CC1(N=C=O)CCCOC1. The Morgan fingerprint density at radius 1 is 1.64 bits per heavy atom. The van der Waals surface area contributed by atoms with E-state index in [9.17, 15) is 4.79 Å². The monoisotopic (exact) mass is 152 g/mol. The maximum atomic E-state index is 9.94. The number of nitrogens with zero attached hydrogens (tertiary/aromatic N) is 2. The molecular weight excluding hydrogens is 144 g/mol. The van der Waals surface area contributed by atoms with Crippen molar-refractivity contribution in [3.05, 3.63) is 0 Å². The van der Waals surface area contributed by atoms with Crippen LogP contribution in [-0.4, -0.2) is 24.8 Å². The Labute approximate surface area is 64.5 Å². The van der Waals surface area contributed by atoms with Crippen LogP contribution < -0.4 is 0 Å². The van der Waals surface area contributed by atoms with Gasteiger partial charge in [-0.15, -0.1) is 0 Å². The standard InChI is InChI=1S/C7H8N2O2/c8-4-7(9-6-10)2-1-3-11-5-7/h1-3,5H2. The zero-order chi connectivity index (χ0) is 8.16. The van der Waals surface area contributed by atoms with Gasteiger partial charge in [0.15, 0.2) is 5.54 Å². The minimum Gasteiger partial charge on any atom is -0.378 e. The number of carbonyl (C=O) groups excluding carboxylic acids is 1. The summed E-state index contributed by atoms with van der Waals surface area (Å²) in [6.07, 6.45) is 2.77. The molecule has 1 rings (SSSR count). The van der Waals surface area contributed by atoms with Crippen LogP contribution in [-0.2, 0) is 9.53 Å². The third kappa shape index (κ3) is 1.64. The third-order valence-electron chi connectivity index (χ3n) is 1.69. The molecule has 0 radical (unpaired) electrons. The third-order valence-corrected chi connectivity index (χ3v) is 1.69. The first-order chi connectivity index (χ1) is 5.33. The van der Waals surface area contributed by atoms with Crippen LogP contribution in [0.4, 0.5) is 0 Å². The van der Waals surface area contributed by atoms with Crippen molar-refractivity contribution in [1.29, 1.82) is 5.26 Å². The molecule has 0 aromatic rings. The zero-order valence-electron chi connectivity index (χ0n) is 6.04. The van der Waals surface area contributed by atoms with E-state index in [0.29, 0.717) is 13.0 Å². The molecule has 1 aliphatic rings. The molecule has 1 saturated heterocycles. The fraction of sp³-hybridized carbons (Fsp3) is 0.714. The summed E-state index contributed by atoms with van der Waals surface area (Å²) in [7, 11) is 0. The number of ether oxygens (including phenoxy) is 1. The Bertz CT molecular complexity index is 219. The van der Waals surface area contributed by atoms with Gasteiger partial charge in [-0.1, -0.05) is 0 Å². The second-order valence-corrected chi connectivity index (χ2v) is 2.50. The van der Waals surface area contributed by atoms with E-state index >= 15 is 0 Å². The van der Waals surface area contributed by atoms with Gasteiger partial charge in [-0.25, -0.2) is 4.79 Å². The lowest BCUT2D eigenvalue weighted by atomic mass is 9.95. The van der Waals surface area contributed by atoms with Gasteiger partial charge in [-0.3, -0.25) is 0 Å². The molecule has 1 aliphatic heterocycles. The highest BCUT2D eigenvalue weighted by atomic mass is 16.5. The predicted molar refractivity (Wildman–Crippen MR) is 36.5 cm³/mol. The van der Waals surface area contributed by atoms with Gasteiger partial charge in [0.2, 0.25) is 6.08 Å². The molecule has 0 aromatic heterocycles. The molecule has 4 nitrogen and oxygen atoms in total. The normalized spacial score (nSPS) is 30.1. The summed E-state index contributed by atoms with van der Waals surface area (Å²) in [5.74, 6) is 0. The van der Waals surface area contributed by atoms with Crippen molar-refractivity contribution >= 4 is 6.08 Å². The van der Waals surface area contributed by atoms with Crippen LogP contribution in [0, 0.1) is 11.3 Å². The summed E-state index contributed by atoms with van der Waals surface area (Å²) in [5.41, 5.74) is -0.944. The highest BCUT2D eigenvalue weighted by Gasteiger charge is 2.32. The number of rotatable bonds is 1. The van der Waals surface area contributed by atoms with Crippen molar-refractivity contribution in [3.63, 3.8) is 0 Å². The Morgan fingerprint density at radius 3 is 2.91 bits per heavy atom. The topological polar surface area (TPSA) is 62.5 Å². The lowest BCUT2D eigenvalue weighted by Crippen LogP contribution is -2.35. The van der Waals surface area contributed by atoms with Gasteiger partial charge in [0.05, 0.1) is 12.7 Å². The van der Waals surface area contributed by atoms with E-state index in [1.165, 1.54) is 6.08 Å². The summed E-state index contributed by atoms with van der Waals surface area (Å²) in [5, 5.41) is 8.67. The molecule has 0 spiro atoms. The van der Waals surface area contributed by atoms with Gasteiger partial charge in [-0.05, 0) is 12.8 Å². The first kappa shape index (κ1) is 7.93. The molecule has 4 heteroatoms. The molecule has 0 amide bonds. The maximum absolute atomic E-state index is 9.94. The fourth-order valence-corrected chi connectivity index (χ4v) is 1.07. The minimum absolute atomic E-state index is 0.221. The Hall–Kier alpha value is -1.17. The van der Waals surface area contributed by atoms with E-state index in [4.69, 9.17) is 10.00 Å². The van der Waals surface area contributed by atoms with Crippen LogP contribution in [0.3, 0.4) is 0 Å². The van der Waals surface area contributed by atoms with Gasteiger partial charge in [-0.2, -0.15) is 10.3 Å². The van der Waals surface area contributed by atoms with Crippen LogP contribution in [0.2, 0.25) is 0 Å². The van der Waals surface area contributed by atoms with E-state index in [1.54, 1.807) is 0 Å². The highest BCUT2D eigenvalue weighted by molar-refractivity contribution is 5.37. The van der Waals surface area contributed by atoms with Crippen molar-refractivity contribution < 1.29 is 9.53 Å². The van der Waals surface area contributed by atoms with Crippen LogP contribution in [0.25, 0.3) is 0 Å². The number of hydrogen-bond donors (Lipinski definition) is 0. The summed E-state index contributed by atoms with van der Waals surface area (Å²) >= 11 is 0. The van der Waals surface area contributed by atoms with Gasteiger partial charge < -0.3 is 4.74 Å². The van der Waals surface area contributed by atoms with Gasteiger partial charge >= 0.3 is 0 Å². The number of hydrogen-bond acceptors (Lipinski definition) is 4. The largest absolute Gasteiger partial charge is 0.378 e. The average Bonchev–Trinajstić information content (AvgIpc) is 2.07. The van der Waals surface area contributed by atoms with Crippen LogP contribution >= 0.6 is 0 Å². The van der Waals surface area contributed by atoms with E-state index in [-0.39, 0.29) is 6.61 Å².